The van der Waals surface area contributed by atoms with Gasteiger partial charge in [0.05, 0.1) is 0 Å². The van der Waals surface area contributed by atoms with Crippen molar-refractivity contribution in [2.45, 2.75) is 6.92 Å². The third-order valence-corrected chi connectivity index (χ3v) is 8.38. The van der Waals surface area contributed by atoms with Crippen LogP contribution in [0.15, 0.2) is 77.9 Å². The highest BCUT2D eigenvalue weighted by molar-refractivity contribution is 7.54. The first-order valence-corrected chi connectivity index (χ1v) is 13.0. The van der Waals surface area contributed by atoms with E-state index in [1.807, 2.05) is 0 Å². The van der Waals surface area contributed by atoms with Gasteiger partial charge in [-0.2, -0.15) is 0 Å². The lowest BCUT2D eigenvalue weighted by Crippen LogP contribution is -2.40. The highest BCUT2D eigenvalue weighted by Crippen LogP contribution is 2.54. The lowest BCUT2D eigenvalue weighted by Gasteiger charge is -2.38. The van der Waals surface area contributed by atoms with Gasteiger partial charge in [0.2, 0.25) is 0 Å². The maximum absolute atomic E-state index is 14.2. The Morgan fingerprint density at radius 2 is 1.41 bits per heavy atom. The Hall–Kier alpha value is -3.45. The van der Waals surface area contributed by atoms with E-state index in [1.54, 1.807) is 74.2 Å². The third kappa shape index (κ3) is 5.93. The summed E-state index contributed by atoms with van der Waals surface area (Å²) in [6, 6.07) is 16.5. The molecule has 9 heteroatoms. The summed E-state index contributed by atoms with van der Waals surface area (Å²) in [7, 11) is -0.462. The summed E-state index contributed by atoms with van der Waals surface area (Å²) < 4.78 is 64.4. The number of hydrogen-bond donors (Lipinski definition) is 0. The zero-order valence-electron chi connectivity index (χ0n) is 20.6. The molecule has 1 aliphatic rings. The number of nitrogens with zero attached hydrogens (tertiary/aromatic N) is 2. The summed E-state index contributed by atoms with van der Waals surface area (Å²) in [6.07, 6.45) is 3.06. The summed E-state index contributed by atoms with van der Waals surface area (Å²) in [4.78, 5) is 13.5. The monoisotopic (exact) mass is 526 g/mol. The standard InChI is InChI=1S/C28H26F3N2O3P/c1-19-13-20(9-11-25(19)29)14-22-17-33(37(35,32(2)3)36-24-7-5-4-6-8-24)18-23(28(22)34)15-21-10-12-26(30)27(31)16-21/h4-16H,17-18H2,1-3H3/b22-14+,23-15+. The average Bonchev–Trinajstić information content (AvgIpc) is 2.86. The van der Waals surface area contributed by atoms with Crippen molar-refractivity contribution in [2.75, 3.05) is 27.2 Å². The molecular weight excluding hydrogens is 500 g/mol. The van der Waals surface area contributed by atoms with Crippen LogP contribution in [0.1, 0.15) is 16.7 Å². The molecule has 3 aromatic rings. The molecule has 0 radical (unpaired) electrons. The van der Waals surface area contributed by atoms with Crippen LogP contribution in [0.5, 0.6) is 5.75 Å². The summed E-state index contributed by atoms with van der Waals surface area (Å²) in [5.74, 6) is -2.36. The number of benzene rings is 3. The Morgan fingerprint density at radius 1 is 0.838 bits per heavy atom. The number of halogens is 3. The van der Waals surface area contributed by atoms with Crippen molar-refractivity contribution in [3.63, 3.8) is 0 Å². The van der Waals surface area contributed by atoms with Gasteiger partial charge in [-0.05, 0) is 86.3 Å². The fourth-order valence-corrected chi connectivity index (χ4v) is 5.82. The molecule has 5 nitrogen and oxygen atoms in total. The van der Waals surface area contributed by atoms with Crippen molar-refractivity contribution in [2.24, 2.45) is 0 Å². The Bertz CT molecular complexity index is 1360. The minimum Gasteiger partial charge on any atom is -0.422 e. The minimum atomic E-state index is -3.70. The molecule has 1 atom stereocenters. The molecule has 0 saturated carbocycles. The maximum Gasteiger partial charge on any atom is 0.395 e. The summed E-state index contributed by atoms with van der Waals surface area (Å²) in [6.45, 7) is 1.56. The second-order valence-electron chi connectivity index (χ2n) is 8.92. The van der Waals surface area contributed by atoms with Crippen LogP contribution in [0, 0.1) is 24.4 Å². The van der Waals surface area contributed by atoms with Crippen LogP contribution < -0.4 is 4.52 Å². The van der Waals surface area contributed by atoms with Gasteiger partial charge < -0.3 is 4.52 Å². The zero-order chi connectivity index (χ0) is 26.7. The SMILES string of the molecule is Cc1cc(/C=C2\CN(P(=O)(Oc3ccccc3)N(C)C)C/C(=C\c3ccc(F)c(F)c3)C2=O)ccc1F. The average molecular weight is 526 g/mol. The van der Waals surface area contributed by atoms with Crippen molar-refractivity contribution in [1.29, 1.82) is 0 Å². The number of carbonyl (C=O) groups excluding carboxylic acids is 1. The Labute approximate surface area is 214 Å². The van der Waals surface area contributed by atoms with E-state index in [0.717, 1.165) is 12.1 Å². The number of carbonyl (C=O) groups is 1. The number of para-hydroxylation sites is 1. The van der Waals surface area contributed by atoms with Gasteiger partial charge in [0.25, 0.3) is 0 Å². The lowest BCUT2D eigenvalue weighted by molar-refractivity contribution is -0.113. The van der Waals surface area contributed by atoms with E-state index in [4.69, 9.17) is 4.52 Å². The van der Waals surface area contributed by atoms with E-state index in [1.165, 1.54) is 22.9 Å². The lowest BCUT2D eigenvalue weighted by atomic mass is 9.95. The van der Waals surface area contributed by atoms with Crippen LogP contribution >= 0.6 is 7.67 Å². The van der Waals surface area contributed by atoms with E-state index in [0.29, 0.717) is 22.4 Å². The highest BCUT2D eigenvalue weighted by atomic mass is 31.2. The van der Waals surface area contributed by atoms with Gasteiger partial charge in [-0.1, -0.05) is 30.3 Å². The molecule has 1 aliphatic heterocycles. The molecule has 1 saturated heterocycles. The zero-order valence-corrected chi connectivity index (χ0v) is 21.5. The van der Waals surface area contributed by atoms with E-state index < -0.39 is 19.3 Å². The fourth-order valence-electron chi connectivity index (χ4n) is 3.97. The number of aryl methyl sites for hydroxylation is 1. The fraction of sp³-hybridized carbons (Fsp3) is 0.179. The molecule has 0 amide bonds. The normalized spacial score (nSPS) is 18.4. The quantitative estimate of drug-likeness (QED) is 0.271. The first-order valence-electron chi connectivity index (χ1n) is 11.5. The van der Waals surface area contributed by atoms with Gasteiger partial charge in [0.1, 0.15) is 11.6 Å². The van der Waals surface area contributed by atoms with Crippen LogP contribution in [0.25, 0.3) is 12.2 Å². The largest absolute Gasteiger partial charge is 0.422 e. The molecule has 192 valence electrons. The van der Waals surface area contributed by atoms with Gasteiger partial charge in [-0.15, -0.1) is 0 Å². The molecule has 4 rings (SSSR count). The maximum atomic E-state index is 14.2. The summed E-state index contributed by atoms with van der Waals surface area (Å²) in [5, 5.41) is 0. The highest BCUT2D eigenvalue weighted by Gasteiger charge is 2.41. The first kappa shape index (κ1) is 26.6. The van der Waals surface area contributed by atoms with Crippen LogP contribution in [0.3, 0.4) is 0 Å². The molecule has 1 heterocycles. The smallest absolute Gasteiger partial charge is 0.395 e. The van der Waals surface area contributed by atoms with Gasteiger partial charge in [-0.25, -0.2) is 27.1 Å². The predicted octanol–water partition coefficient (Wildman–Crippen LogP) is 6.51. The minimum absolute atomic E-state index is 0.00727. The van der Waals surface area contributed by atoms with Crippen molar-refractivity contribution < 1.29 is 27.1 Å². The second kappa shape index (κ2) is 10.9. The number of rotatable bonds is 6. The Kier molecular flexibility index (Phi) is 7.83. The number of hydrogen-bond acceptors (Lipinski definition) is 3. The van der Waals surface area contributed by atoms with Crippen LogP contribution in [0.4, 0.5) is 13.2 Å². The van der Waals surface area contributed by atoms with Crippen molar-refractivity contribution >= 4 is 25.6 Å². The molecule has 1 fully saturated rings. The predicted molar refractivity (Wildman–Crippen MR) is 138 cm³/mol. The van der Waals surface area contributed by atoms with E-state index in [-0.39, 0.29) is 35.8 Å². The molecule has 0 aliphatic carbocycles. The van der Waals surface area contributed by atoms with Gasteiger partial charge in [0, 0.05) is 24.2 Å². The Balaban J connectivity index is 1.80. The number of piperidine rings is 1. The molecule has 1 unspecified atom stereocenters. The summed E-state index contributed by atoms with van der Waals surface area (Å²) >= 11 is 0. The molecule has 37 heavy (non-hydrogen) atoms. The van der Waals surface area contributed by atoms with E-state index in [2.05, 4.69) is 0 Å². The molecule has 3 aromatic carbocycles. The molecule has 0 spiro atoms. The molecule has 0 bridgehead atoms. The van der Waals surface area contributed by atoms with Gasteiger partial charge in [-0.3, -0.25) is 4.79 Å². The number of ketones is 1. The van der Waals surface area contributed by atoms with Crippen molar-refractivity contribution in [1.82, 2.24) is 9.34 Å². The Morgan fingerprint density at radius 3 is 1.95 bits per heavy atom. The van der Waals surface area contributed by atoms with Crippen LogP contribution in [-0.2, 0) is 9.36 Å². The van der Waals surface area contributed by atoms with E-state index >= 15 is 0 Å². The van der Waals surface area contributed by atoms with Crippen LogP contribution in [-0.4, -0.2) is 42.3 Å². The van der Waals surface area contributed by atoms with Gasteiger partial charge >= 0.3 is 7.67 Å². The molecule has 0 N–H and O–H groups in total. The van der Waals surface area contributed by atoms with Crippen molar-refractivity contribution in [3.05, 3.63) is 112 Å². The second-order valence-corrected chi connectivity index (χ2v) is 11.4. The number of Topliss-reactive ketones (excluding diaryl/α,β-unsaturated/α-hetero) is 1. The van der Waals surface area contributed by atoms with E-state index in [9.17, 15) is 22.5 Å². The third-order valence-electron chi connectivity index (χ3n) is 5.93. The van der Waals surface area contributed by atoms with Gasteiger partial charge in [0.15, 0.2) is 17.4 Å². The van der Waals surface area contributed by atoms with Crippen LogP contribution in [0.2, 0.25) is 0 Å². The topological polar surface area (TPSA) is 49.9 Å². The molecule has 0 aromatic heterocycles. The summed E-state index contributed by atoms with van der Waals surface area (Å²) in [5.41, 5.74) is 1.81. The first-order chi connectivity index (χ1) is 17.6. The molecular formula is C28H26F3N2O3P. The van der Waals surface area contributed by atoms with Crippen molar-refractivity contribution in [3.8, 4) is 5.75 Å².